The van der Waals surface area contributed by atoms with Crippen molar-refractivity contribution < 1.29 is 23.6 Å². The minimum atomic E-state index is -0.737. The number of carbonyl (C=O) groups is 2. The van der Waals surface area contributed by atoms with Crippen LogP contribution in [0.2, 0.25) is 0 Å². The predicted molar refractivity (Wildman–Crippen MR) is 115 cm³/mol. The first-order valence-electron chi connectivity index (χ1n) is 9.53. The fraction of sp³-hybridized carbons (Fsp3) is 0.348. The lowest BCUT2D eigenvalue weighted by atomic mass is 10.0. The van der Waals surface area contributed by atoms with E-state index in [4.69, 9.17) is 9.26 Å². The highest BCUT2D eigenvalue weighted by Gasteiger charge is 2.22. The maximum atomic E-state index is 11.4. The van der Waals surface area contributed by atoms with Crippen molar-refractivity contribution in [3.05, 3.63) is 71.3 Å². The first kappa shape index (κ1) is 23.1. The lowest BCUT2D eigenvalue weighted by Gasteiger charge is -2.24. The largest absolute Gasteiger partial charge is 0.467 e. The summed E-state index contributed by atoms with van der Waals surface area (Å²) in [6.07, 6.45) is 15.5. The van der Waals surface area contributed by atoms with Gasteiger partial charge in [-0.25, -0.2) is 4.79 Å². The molecule has 1 aliphatic carbocycles. The first-order valence-corrected chi connectivity index (χ1v) is 9.53. The number of hydrogen-bond acceptors (Lipinski definition) is 7. The van der Waals surface area contributed by atoms with E-state index in [-0.39, 0.29) is 6.61 Å². The van der Waals surface area contributed by atoms with Crippen LogP contribution in [0, 0.1) is 13.8 Å². The van der Waals surface area contributed by atoms with E-state index in [0.717, 1.165) is 28.7 Å². The number of allylic oxidation sites excluding steroid dienone is 5. The number of esters is 1. The van der Waals surface area contributed by atoms with Crippen LogP contribution in [0.1, 0.15) is 23.9 Å². The summed E-state index contributed by atoms with van der Waals surface area (Å²) >= 11 is 0. The highest BCUT2D eigenvalue weighted by atomic mass is 16.6. The Morgan fingerprint density at radius 1 is 1.33 bits per heavy atom. The number of hydrogen-bond donors (Lipinski definition) is 0. The van der Waals surface area contributed by atoms with Crippen LogP contribution in [0.4, 0.5) is 0 Å². The smallest absolute Gasteiger partial charge is 0.331 e. The molecule has 0 amide bonds. The fourth-order valence-electron chi connectivity index (χ4n) is 3.15. The van der Waals surface area contributed by atoms with Crippen molar-refractivity contribution in [1.82, 2.24) is 10.1 Å². The van der Waals surface area contributed by atoms with Gasteiger partial charge >= 0.3 is 5.97 Å². The predicted octanol–water partition coefficient (Wildman–Crippen LogP) is 3.32. The number of methoxy groups -OCH3 is 1. The third-order valence-electron chi connectivity index (χ3n) is 4.52. The Bertz CT molecular complexity index is 901. The molecule has 0 aliphatic heterocycles. The molecular formula is C23H28N2O5. The standard InChI is InChI=1S/C23H28N2O5/c1-17-22(18(2)30-24-17)20(10-8-12-26)15-25(4)14-19-9-6-7-11-23(3,13-19)29-16-21(27)28-5/h6-13,15H,14,16H2,1-5H3/b10-8?,20-15+. The average Bonchev–Trinajstić information content (AvgIpc) is 2.92. The SMILES string of the molecule is COC(=O)COC1(C)C=CC=CC(CN(C)/C=C(\C=CC=O)c2c(C)noc2C)=C1. The van der Waals surface area contributed by atoms with Gasteiger partial charge in [0.05, 0.1) is 12.8 Å². The van der Waals surface area contributed by atoms with Crippen LogP contribution in [0.3, 0.4) is 0 Å². The van der Waals surface area contributed by atoms with Crippen molar-refractivity contribution in [2.45, 2.75) is 26.4 Å². The highest BCUT2D eigenvalue weighted by Crippen LogP contribution is 2.25. The van der Waals surface area contributed by atoms with E-state index in [1.807, 2.05) is 69.3 Å². The van der Waals surface area contributed by atoms with E-state index in [0.29, 0.717) is 12.3 Å². The van der Waals surface area contributed by atoms with Gasteiger partial charge in [-0.05, 0) is 50.6 Å². The normalized spacial score (nSPS) is 19.0. The number of rotatable bonds is 9. The molecule has 160 valence electrons. The number of aromatic nitrogens is 1. The molecule has 0 saturated heterocycles. The van der Waals surface area contributed by atoms with E-state index in [9.17, 15) is 9.59 Å². The zero-order valence-corrected chi connectivity index (χ0v) is 18.0. The van der Waals surface area contributed by atoms with E-state index in [1.165, 1.54) is 13.2 Å². The average molecular weight is 412 g/mol. The summed E-state index contributed by atoms with van der Waals surface area (Å²) in [6.45, 7) is 6.03. The lowest BCUT2D eigenvalue weighted by Crippen LogP contribution is -2.28. The molecule has 1 unspecified atom stereocenters. The summed E-state index contributed by atoms with van der Waals surface area (Å²) < 4.78 is 15.7. The summed E-state index contributed by atoms with van der Waals surface area (Å²) in [6, 6.07) is 0. The fourth-order valence-corrected chi connectivity index (χ4v) is 3.15. The van der Waals surface area contributed by atoms with Crippen LogP contribution in [-0.2, 0) is 19.1 Å². The summed E-state index contributed by atoms with van der Waals surface area (Å²) in [5.74, 6) is 0.257. The number of carbonyl (C=O) groups excluding carboxylic acids is 2. The minimum absolute atomic E-state index is 0.135. The molecule has 0 saturated carbocycles. The Balaban J connectivity index is 2.24. The third-order valence-corrected chi connectivity index (χ3v) is 4.52. The molecule has 1 atom stereocenters. The summed E-state index contributed by atoms with van der Waals surface area (Å²) in [5, 5.41) is 4.00. The molecule has 7 heteroatoms. The van der Waals surface area contributed by atoms with E-state index in [1.54, 1.807) is 6.08 Å². The number of aldehydes is 1. The van der Waals surface area contributed by atoms with Crippen LogP contribution >= 0.6 is 0 Å². The molecular weight excluding hydrogens is 384 g/mol. The topological polar surface area (TPSA) is 81.9 Å². The van der Waals surface area contributed by atoms with Gasteiger partial charge in [-0.3, -0.25) is 4.79 Å². The van der Waals surface area contributed by atoms with Gasteiger partial charge in [0.15, 0.2) is 0 Å². The molecule has 0 fully saturated rings. The molecule has 0 radical (unpaired) electrons. The Morgan fingerprint density at radius 3 is 2.73 bits per heavy atom. The van der Waals surface area contributed by atoms with Gasteiger partial charge in [0.25, 0.3) is 0 Å². The first-order chi connectivity index (χ1) is 14.3. The second kappa shape index (κ2) is 10.5. The van der Waals surface area contributed by atoms with Gasteiger partial charge in [0, 0.05) is 30.9 Å². The van der Waals surface area contributed by atoms with Crippen LogP contribution < -0.4 is 0 Å². The zero-order chi connectivity index (χ0) is 22.1. The quantitative estimate of drug-likeness (QED) is 0.266. The second-order valence-corrected chi connectivity index (χ2v) is 7.18. The Morgan fingerprint density at radius 2 is 2.10 bits per heavy atom. The van der Waals surface area contributed by atoms with Crippen molar-refractivity contribution in [3.63, 3.8) is 0 Å². The Hall–Kier alpha value is -3.19. The molecule has 0 bridgehead atoms. The summed E-state index contributed by atoms with van der Waals surface area (Å²) in [4.78, 5) is 24.3. The summed E-state index contributed by atoms with van der Waals surface area (Å²) in [7, 11) is 3.27. The van der Waals surface area contributed by atoms with Crippen LogP contribution in [0.15, 0.2) is 58.8 Å². The van der Waals surface area contributed by atoms with Gasteiger partial charge in [-0.2, -0.15) is 0 Å². The highest BCUT2D eigenvalue weighted by molar-refractivity contribution is 5.80. The van der Waals surface area contributed by atoms with E-state index >= 15 is 0 Å². The molecule has 1 aliphatic rings. The van der Waals surface area contributed by atoms with Gasteiger partial charge in [0.1, 0.15) is 24.3 Å². The van der Waals surface area contributed by atoms with Crippen molar-refractivity contribution in [2.24, 2.45) is 0 Å². The van der Waals surface area contributed by atoms with Crippen molar-refractivity contribution in [2.75, 3.05) is 27.3 Å². The molecule has 1 aromatic heterocycles. The molecule has 7 nitrogen and oxygen atoms in total. The van der Waals surface area contributed by atoms with Gasteiger partial charge in [-0.15, -0.1) is 0 Å². The molecule has 0 aromatic carbocycles. The molecule has 1 heterocycles. The van der Waals surface area contributed by atoms with Crippen LogP contribution in [0.25, 0.3) is 5.57 Å². The molecule has 0 N–H and O–H groups in total. The van der Waals surface area contributed by atoms with Crippen LogP contribution in [-0.4, -0.2) is 55.2 Å². The Kier molecular flexibility index (Phi) is 8.12. The van der Waals surface area contributed by atoms with Crippen molar-refractivity contribution in [3.8, 4) is 0 Å². The number of likely N-dealkylation sites (N-methyl/N-ethyl adjacent to an activating group) is 1. The molecule has 30 heavy (non-hydrogen) atoms. The molecule has 0 spiro atoms. The van der Waals surface area contributed by atoms with E-state index < -0.39 is 11.6 Å². The van der Waals surface area contributed by atoms with Crippen LogP contribution in [0.5, 0.6) is 0 Å². The Labute approximate surface area is 177 Å². The number of nitrogens with zero attached hydrogens (tertiary/aromatic N) is 2. The molecule has 2 rings (SSSR count). The monoisotopic (exact) mass is 412 g/mol. The maximum absolute atomic E-state index is 11.4. The zero-order valence-electron chi connectivity index (χ0n) is 18.0. The summed E-state index contributed by atoms with van der Waals surface area (Å²) in [5.41, 5.74) is 2.70. The lowest BCUT2D eigenvalue weighted by molar-refractivity contribution is -0.148. The second-order valence-electron chi connectivity index (χ2n) is 7.18. The molecule has 1 aromatic rings. The van der Waals surface area contributed by atoms with E-state index in [2.05, 4.69) is 9.89 Å². The maximum Gasteiger partial charge on any atom is 0.331 e. The number of aryl methyl sites for hydroxylation is 2. The van der Waals surface area contributed by atoms with Crippen molar-refractivity contribution >= 4 is 17.8 Å². The third kappa shape index (κ3) is 6.42. The van der Waals surface area contributed by atoms with Gasteiger partial charge in [-0.1, -0.05) is 23.4 Å². The minimum Gasteiger partial charge on any atom is -0.467 e. The number of ether oxygens (including phenoxy) is 2. The van der Waals surface area contributed by atoms with Crippen molar-refractivity contribution in [1.29, 1.82) is 0 Å². The van der Waals surface area contributed by atoms with Gasteiger partial charge < -0.3 is 18.9 Å². The van der Waals surface area contributed by atoms with Gasteiger partial charge in [0.2, 0.25) is 0 Å².